The van der Waals surface area contributed by atoms with Gasteiger partial charge in [-0.05, 0) is 46.5 Å². The van der Waals surface area contributed by atoms with Gasteiger partial charge in [0.25, 0.3) is 0 Å². The molecule has 0 bridgehead atoms. The molecule has 0 saturated carbocycles. The molecule has 25 atom stereocenters. The number of nitrogens with one attached hydrogen (secondary N) is 7. The molecule has 0 aliphatic carbocycles. The van der Waals surface area contributed by atoms with Crippen LogP contribution in [0.15, 0.2) is 119 Å². The second-order valence-corrected chi connectivity index (χ2v) is 25.9. The van der Waals surface area contributed by atoms with Gasteiger partial charge in [-0.3, -0.25) is 33.8 Å². The molecule has 24 N–H and O–H groups in total. The van der Waals surface area contributed by atoms with E-state index < -0.39 is 233 Å². The molecular formula is C67H88N12O26. The third-order valence-electron chi connectivity index (χ3n) is 18.8. The summed E-state index contributed by atoms with van der Waals surface area (Å²) in [4.78, 5) is 96.5. The normalized spacial score (nSPS) is 34.0. The Bertz CT molecular complexity index is 3650. The lowest BCUT2D eigenvalue weighted by Crippen LogP contribution is -2.70. The minimum atomic E-state index is -2.37. The van der Waals surface area contributed by atoms with Crippen molar-refractivity contribution in [3.05, 3.63) is 131 Å². The average Bonchev–Trinajstić information content (AvgIpc) is 1.41. The zero-order valence-electron chi connectivity index (χ0n) is 56.3. The first-order chi connectivity index (χ1) is 50.3. The van der Waals surface area contributed by atoms with Gasteiger partial charge in [0.15, 0.2) is 30.7 Å². The third-order valence-corrected chi connectivity index (χ3v) is 18.8. The minimum Gasteiger partial charge on any atom is -0.489 e. The molecule has 105 heavy (non-hydrogen) atoms. The molecule has 0 unspecified atom stereocenters. The van der Waals surface area contributed by atoms with Crippen LogP contribution in [0.5, 0.6) is 11.5 Å². The molecular weight excluding hydrogens is 1390 g/mol. The molecule has 4 aromatic rings. The fourth-order valence-electron chi connectivity index (χ4n) is 12.8. The number of hydrogen-bond donors (Lipinski definition) is 22. The van der Waals surface area contributed by atoms with Crippen LogP contribution in [0.2, 0.25) is 0 Å². The van der Waals surface area contributed by atoms with E-state index in [9.17, 15) is 85.6 Å². The topological polar surface area (TPSA) is 594 Å². The Kier molecular flexibility index (Phi) is 26.6. The van der Waals surface area contributed by atoms with Crippen LogP contribution >= 0.6 is 0 Å². The summed E-state index contributed by atoms with van der Waals surface area (Å²) in [7, 11) is 0. The van der Waals surface area contributed by atoms with Crippen molar-refractivity contribution in [2.45, 2.75) is 179 Å². The van der Waals surface area contributed by atoms with Crippen molar-refractivity contribution >= 4 is 47.4 Å². The van der Waals surface area contributed by atoms with Gasteiger partial charge in [-0.2, -0.15) is 0 Å². The number of nitrogens with zero attached hydrogens (tertiary/aromatic N) is 3. The van der Waals surface area contributed by atoms with E-state index in [0.29, 0.717) is 23.5 Å². The number of rotatable bonds is 22. The van der Waals surface area contributed by atoms with Gasteiger partial charge in [0.05, 0.1) is 51.6 Å². The van der Waals surface area contributed by atoms with Crippen molar-refractivity contribution in [3.63, 3.8) is 0 Å². The first-order valence-electron chi connectivity index (χ1n) is 33.6. The molecule has 6 heterocycles. The Balaban J connectivity index is 0.884. The zero-order valence-corrected chi connectivity index (χ0v) is 56.3. The summed E-state index contributed by atoms with van der Waals surface area (Å²) in [6, 6.07) is 17.0. The van der Waals surface area contributed by atoms with E-state index in [-0.39, 0.29) is 30.4 Å². The van der Waals surface area contributed by atoms with Crippen molar-refractivity contribution in [2.75, 3.05) is 39.5 Å². The molecule has 0 aromatic heterocycles. The number of hydrogen-bond acceptors (Lipinski definition) is 32. The smallest absolute Gasteiger partial charge is 0.246 e. The van der Waals surface area contributed by atoms with Crippen molar-refractivity contribution in [2.24, 2.45) is 21.5 Å². The van der Waals surface area contributed by atoms with Crippen LogP contribution in [0.25, 0.3) is 0 Å². The average molecular weight is 1480 g/mol. The molecule has 6 aliphatic heterocycles. The standard InChI is InChI=1S/C67H88N12O26/c1-29(33-10-6-3-7-11-33)43-59(95)73-36(20-30-12-18-35(19-13-30)101-64-53(91)50(88)55(41(26-82)103-64)104-65-54(92)56(48(86)40(25-81)102-65)100-28-32-14-16-34(17-15-32)99-27-31-8-4-2-5-9-31)58(94)77-44(46(84)37-21-71-66(68)75-37)61(97)78-45(60(96)74-38(24-80)57(93)70-23-42(83)76-43)47(85)39-22-72-67(69)79(39)62-51(89)49(87)52(90)63(98)105-62/h2-19,29,36-41,43-56,62-65,80-82,84-92,98H,20-28H2,1H3,(H2,69,72)(H,70,93)(H,73,95)(H,74,96)(H,76,83)(H,77,94)(H,78,97)(H3,68,71,75)/t29-,36+,37-,38-,39-,40+,41+,43-,44-,45+,46-,47-,48+,49+,50+,51-,52-,53-,54-,55+,56-,62-,63-,64-,65+/m0/s1. The highest BCUT2D eigenvalue weighted by Gasteiger charge is 2.54. The third kappa shape index (κ3) is 18.7. The summed E-state index contributed by atoms with van der Waals surface area (Å²) < 4.78 is 40.8. The number of aliphatic imine (C=N–C) groups is 2. The van der Waals surface area contributed by atoms with Gasteiger partial charge in [-0.25, -0.2) is 4.99 Å². The minimum absolute atomic E-state index is 0.0710. The van der Waals surface area contributed by atoms with E-state index in [1.807, 2.05) is 30.3 Å². The fourth-order valence-corrected chi connectivity index (χ4v) is 12.8. The van der Waals surface area contributed by atoms with Crippen LogP contribution < -0.4 is 58.2 Å². The van der Waals surface area contributed by atoms with E-state index in [1.54, 1.807) is 61.5 Å². The quantitative estimate of drug-likeness (QED) is 0.0347. The van der Waals surface area contributed by atoms with Crippen LogP contribution in [-0.2, 0) is 72.1 Å². The number of benzene rings is 4. The second-order valence-electron chi connectivity index (χ2n) is 25.9. The van der Waals surface area contributed by atoms with Gasteiger partial charge >= 0.3 is 0 Å². The monoisotopic (exact) mass is 1480 g/mol. The number of aliphatic hydroxyl groups excluding tert-OH is 13. The SMILES string of the molecule is C[C@@H](c1ccccc1)[C@@H]1NC(=O)CNC(=O)[C@H](CO)NC(=O)[C@@H]([C@@H](O)[C@@H]2CN=C(N)N2[C@H]2O[C@H](O)[C@@H](O)[C@H](O)[C@@H]2O)NC(=O)[C@H]([C@@H](O)[C@@H]2CNC(N)=N2)NC(=O)[C@@H](Cc2ccc(O[C@H]3O[C@H](CO)[C@@H](O[C@H]4O[C@H](CO)[C@@H](O)[C@H](OCc5ccc(OCc6ccccc6)cc5)[C@@H]4O)[C@H](O)[C@@H]3O)cc2)NC1=O. The molecule has 10 rings (SSSR count). The molecule has 4 saturated heterocycles. The number of ether oxygens (including phenoxy) is 7. The second kappa shape index (κ2) is 35.5. The van der Waals surface area contributed by atoms with Crippen LogP contribution in [0.3, 0.4) is 0 Å². The summed E-state index contributed by atoms with van der Waals surface area (Å²) in [5.74, 6) is -8.54. The summed E-state index contributed by atoms with van der Waals surface area (Å²) in [6.45, 7) is -2.83. The summed E-state index contributed by atoms with van der Waals surface area (Å²) in [6.07, 6.45) is -32.1. The highest BCUT2D eigenvalue weighted by molar-refractivity contribution is 5.98. The molecule has 6 aliphatic rings. The highest BCUT2D eigenvalue weighted by atomic mass is 16.7. The highest BCUT2D eigenvalue weighted by Crippen LogP contribution is 2.34. The Morgan fingerprint density at radius 3 is 1.81 bits per heavy atom. The van der Waals surface area contributed by atoms with Crippen molar-refractivity contribution < 1.29 is 128 Å². The van der Waals surface area contributed by atoms with Gasteiger partial charge < -0.3 is 153 Å². The molecule has 38 nitrogen and oxygen atoms in total. The summed E-state index contributed by atoms with van der Waals surface area (Å²) in [5, 5.41) is 161. The van der Waals surface area contributed by atoms with Crippen molar-refractivity contribution in [3.8, 4) is 11.5 Å². The van der Waals surface area contributed by atoms with Crippen LogP contribution in [0.1, 0.15) is 35.1 Å². The molecule has 0 spiro atoms. The maximum Gasteiger partial charge on any atom is 0.246 e. The molecule has 0 radical (unpaired) electrons. The molecule has 4 fully saturated rings. The first kappa shape index (κ1) is 78.7. The lowest BCUT2D eigenvalue weighted by Gasteiger charge is -2.46. The number of guanidine groups is 2. The number of carbonyl (C=O) groups is 6. The Morgan fingerprint density at radius 2 is 1.15 bits per heavy atom. The van der Waals surface area contributed by atoms with E-state index in [4.69, 9.17) is 44.6 Å². The predicted octanol–water partition coefficient (Wildman–Crippen LogP) is -9.85. The Morgan fingerprint density at radius 1 is 0.552 bits per heavy atom. The molecule has 4 aromatic carbocycles. The predicted molar refractivity (Wildman–Crippen MR) is 358 cm³/mol. The van der Waals surface area contributed by atoms with Gasteiger partial charge in [0.2, 0.25) is 41.7 Å². The lowest BCUT2D eigenvalue weighted by molar-refractivity contribution is -0.355. The maximum absolute atomic E-state index is 15.2. The lowest BCUT2D eigenvalue weighted by atomic mass is 9.92. The maximum atomic E-state index is 15.2. The fraction of sp³-hybridized carbons (Fsp3) is 0.522. The van der Waals surface area contributed by atoms with Crippen LogP contribution in [0.4, 0.5) is 0 Å². The largest absolute Gasteiger partial charge is 0.489 e. The van der Waals surface area contributed by atoms with Gasteiger partial charge in [0, 0.05) is 18.9 Å². The molecule has 6 amide bonds. The Labute approximate surface area is 598 Å². The van der Waals surface area contributed by atoms with Crippen LogP contribution in [-0.4, -0.2) is 305 Å². The van der Waals surface area contributed by atoms with E-state index in [0.717, 1.165) is 10.5 Å². The van der Waals surface area contributed by atoms with Gasteiger partial charge in [-0.15, -0.1) is 0 Å². The van der Waals surface area contributed by atoms with Crippen LogP contribution in [0, 0.1) is 0 Å². The van der Waals surface area contributed by atoms with Gasteiger partial charge in [0.1, 0.15) is 128 Å². The van der Waals surface area contributed by atoms with E-state index in [1.165, 1.54) is 24.3 Å². The Hall–Kier alpha value is -8.88. The molecule has 38 heteroatoms. The van der Waals surface area contributed by atoms with Crippen molar-refractivity contribution in [1.82, 2.24) is 42.1 Å². The number of carbonyl (C=O) groups excluding carboxylic acids is 6. The number of nitrogens with two attached hydrogens (primary N) is 2. The molecule has 572 valence electrons. The number of amides is 6. The van der Waals surface area contributed by atoms with Gasteiger partial charge in [-0.1, -0.05) is 91.9 Å². The van der Waals surface area contributed by atoms with E-state index in [2.05, 4.69) is 47.2 Å². The summed E-state index contributed by atoms with van der Waals surface area (Å²) >= 11 is 0. The zero-order chi connectivity index (χ0) is 75.5. The number of aliphatic hydroxyl groups is 13. The van der Waals surface area contributed by atoms with Crippen molar-refractivity contribution in [1.29, 1.82) is 0 Å². The van der Waals surface area contributed by atoms with E-state index >= 15 is 9.59 Å². The first-order valence-corrected chi connectivity index (χ1v) is 33.6. The summed E-state index contributed by atoms with van der Waals surface area (Å²) in [5.41, 5.74) is 14.4.